The molecule has 0 amide bonds. The molecule has 0 saturated carbocycles. The van der Waals surface area contributed by atoms with Crippen molar-refractivity contribution in [3.63, 3.8) is 0 Å². The molecule has 1 heterocycles. The molecule has 1 aromatic rings. The highest BCUT2D eigenvalue weighted by atomic mass is 32.2. The molecule has 1 atom stereocenters. The molecule has 0 N–H and O–H groups in total. The third-order valence-corrected chi connectivity index (χ3v) is 3.41. The summed E-state index contributed by atoms with van der Waals surface area (Å²) in [6.07, 6.45) is 0.446. The molecule has 1 aromatic carbocycles. The Balaban J connectivity index is 2.21. The molecule has 1 fully saturated rings. The lowest BCUT2D eigenvalue weighted by atomic mass is 10.3. The zero-order valence-electron chi connectivity index (χ0n) is 8.00. The van der Waals surface area contributed by atoms with Gasteiger partial charge in [0.25, 0.3) is 0 Å². The maximum Gasteiger partial charge on any atom is 0.319 e. The van der Waals surface area contributed by atoms with E-state index in [1.54, 1.807) is 0 Å². The van der Waals surface area contributed by atoms with Crippen molar-refractivity contribution in [3.8, 4) is 0 Å². The zero-order valence-corrected chi connectivity index (χ0v) is 8.82. The molecule has 1 unspecified atom stereocenters. The fraction of sp³-hybridized carbons (Fsp3) is 0.300. The van der Waals surface area contributed by atoms with Gasteiger partial charge < -0.3 is 4.74 Å². The van der Waals surface area contributed by atoms with Gasteiger partial charge >= 0.3 is 5.97 Å². The lowest BCUT2D eigenvalue weighted by Gasteiger charge is -2.06. The van der Waals surface area contributed by atoms with Crippen molar-refractivity contribution >= 4 is 17.7 Å². The minimum Gasteiger partial charge on any atom is -0.465 e. The smallest absolute Gasteiger partial charge is 0.319 e. The maximum absolute atomic E-state index is 13.2. The second kappa shape index (κ2) is 4.37. The maximum atomic E-state index is 13.2. The van der Waals surface area contributed by atoms with Crippen LogP contribution in [-0.2, 0) is 9.53 Å². The van der Waals surface area contributed by atoms with E-state index < -0.39 is 28.7 Å². The van der Waals surface area contributed by atoms with E-state index in [2.05, 4.69) is 4.74 Å². The minimum absolute atomic E-state index is 0.0808. The second-order valence-electron chi connectivity index (χ2n) is 3.26. The molecule has 6 heteroatoms. The molecule has 1 aliphatic heterocycles. The number of cyclic esters (lactones) is 1. The summed E-state index contributed by atoms with van der Waals surface area (Å²) in [6.45, 7) is 0.280. The van der Waals surface area contributed by atoms with Gasteiger partial charge in [0.1, 0.15) is 11.1 Å². The number of carbonyl (C=O) groups is 1. The van der Waals surface area contributed by atoms with Crippen molar-refractivity contribution in [3.05, 3.63) is 29.6 Å². The molecule has 0 radical (unpaired) electrons. The number of thioether (sulfide) groups is 1. The summed E-state index contributed by atoms with van der Waals surface area (Å²) in [5, 5.41) is -0.542. The molecule has 1 aliphatic rings. The van der Waals surface area contributed by atoms with E-state index in [0.29, 0.717) is 12.5 Å². The number of hydrogen-bond donors (Lipinski definition) is 0. The molecule has 86 valence electrons. The Kier molecular flexibility index (Phi) is 3.09. The Morgan fingerprint density at radius 3 is 2.50 bits per heavy atom. The Bertz CT molecular complexity index is 436. The van der Waals surface area contributed by atoms with Gasteiger partial charge in [0, 0.05) is 17.4 Å². The van der Waals surface area contributed by atoms with E-state index in [-0.39, 0.29) is 11.5 Å². The highest BCUT2D eigenvalue weighted by Gasteiger charge is 2.28. The lowest BCUT2D eigenvalue weighted by Crippen LogP contribution is -2.09. The van der Waals surface area contributed by atoms with Gasteiger partial charge in [-0.3, -0.25) is 4.79 Å². The van der Waals surface area contributed by atoms with Crippen molar-refractivity contribution in [2.24, 2.45) is 0 Å². The van der Waals surface area contributed by atoms with E-state index in [4.69, 9.17) is 0 Å². The summed E-state index contributed by atoms with van der Waals surface area (Å²) in [5.74, 6) is -3.69. The largest absolute Gasteiger partial charge is 0.465 e. The number of esters is 1. The summed E-state index contributed by atoms with van der Waals surface area (Å²) in [4.78, 5) is 11.0. The van der Waals surface area contributed by atoms with Gasteiger partial charge in [0.05, 0.1) is 6.61 Å². The summed E-state index contributed by atoms with van der Waals surface area (Å²) < 4.78 is 43.4. The fourth-order valence-electron chi connectivity index (χ4n) is 1.33. The van der Waals surface area contributed by atoms with E-state index in [9.17, 15) is 18.0 Å². The first-order valence-corrected chi connectivity index (χ1v) is 5.43. The summed E-state index contributed by atoms with van der Waals surface area (Å²) >= 11 is 0.853. The Hall–Kier alpha value is -1.17. The lowest BCUT2D eigenvalue weighted by molar-refractivity contribution is -0.137. The Morgan fingerprint density at radius 2 is 1.88 bits per heavy atom. The number of ether oxygens (including phenoxy) is 1. The molecule has 1 saturated heterocycles. The molecule has 2 nitrogen and oxygen atoms in total. The van der Waals surface area contributed by atoms with E-state index >= 15 is 0 Å². The molecule has 16 heavy (non-hydrogen) atoms. The highest BCUT2D eigenvalue weighted by Crippen LogP contribution is 2.32. The van der Waals surface area contributed by atoms with Gasteiger partial charge in [-0.15, -0.1) is 11.8 Å². The minimum atomic E-state index is -1.24. The molecule has 0 aliphatic carbocycles. The number of carbonyl (C=O) groups excluding carboxylic acids is 1. The topological polar surface area (TPSA) is 26.3 Å². The average Bonchev–Trinajstić information content (AvgIpc) is 2.61. The van der Waals surface area contributed by atoms with Gasteiger partial charge in [0.15, 0.2) is 11.6 Å². The molecule has 2 rings (SSSR count). The van der Waals surface area contributed by atoms with Crippen molar-refractivity contribution < 1.29 is 22.7 Å². The van der Waals surface area contributed by atoms with Crippen LogP contribution in [-0.4, -0.2) is 17.8 Å². The number of benzene rings is 1. The second-order valence-corrected chi connectivity index (χ2v) is 4.50. The van der Waals surface area contributed by atoms with Crippen molar-refractivity contribution in [2.45, 2.75) is 16.6 Å². The van der Waals surface area contributed by atoms with Crippen molar-refractivity contribution in [2.75, 3.05) is 6.61 Å². The van der Waals surface area contributed by atoms with Crippen LogP contribution >= 0.6 is 11.8 Å². The first kappa shape index (κ1) is 11.3. The third kappa shape index (κ3) is 2.16. The van der Waals surface area contributed by atoms with Crippen LogP contribution in [0.3, 0.4) is 0 Å². The van der Waals surface area contributed by atoms with Crippen molar-refractivity contribution in [1.29, 1.82) is 0 Å². The number of halogens is 3. The van der Waals surface area contributed by atoms with Crippen LogP contribution in [0, 0.1) is 17.5 Å². The molecular weight excluding hydrogens is 241 g/mol. The van der Waals surface area contributed by atoms with Crippen molar-refractivity contribution in [1.82, 2.24) is 0 Å². The van der Waals surface area contributed by atoms with Gasteiger partial charge in [0.2, 0.25) is 0 Å². The van der Waals surface area contributed by atoms with Crippen LogP contribution in [0.1, 0.15) is 6.42 Å². The normalized spacial score (nSPS) is 19.9. The summed E-state index contributed by atoms with van der Waals surface area (Å²) in [7, 11) is 0. The van der Waals surface area contributed by atoms with Gasteiger partial charge in [-0.25, -0.2) is 13.2 Å². The predicted molar refractivity (Wildman–Crippen MR) is 51.5 cm³/mol. The van der Waals surface area contributed by atoms with E-state index in [0.717, 1.165) is 17.8 Å². The third-order valence-electron chi connectivity index (χ3n) is 2.13. The standard InChI is InChI=1S/C10H7F3O2S/c11-5-3-7(13)9(4-6(5)12)16-8-1-2-15-10(8)14/h3-4,8H,1-2H2. The van der Waals surface area contributed by atoms with E-state index in [1.165, 1.54) is 0 Å². The monoisotopic (exact) mass is 248 g/mol. The fourth-order valence-corrected chi connectivity index (χ4v) is 2.36. The first-order valence-electron chi connectivity index (χ1n) is 4.56. The van der Waals surface area contributed by atoms with Crippen LogP contribution in [0.15, 0.2) is 17.0 Å². The van der Waals surface area contributed by atoms with Gasteiger partial charge in [-0.2, -0.15) is 0 Å². The quantitative estimate of drug-likeness (QED) is 0.594. The number of rotatable bonds is 2. The SMILES string of the molecule is O=C1OCCC1Sc1cc(F)c(F)cc1F. The summed E-state index contributed by atoms with van der Waals surface area (Å²) in [6, 6.07) is 1.22. The summed E-state index contributed by atoms with van der Waals surface area (Å²) in [5.41, 5.74) is 0. The van der Waals surface area contributed by atoms with E-state index in [1.807, 2.05) is 0 Å². The highest BCUT2D eigenvalue weighted by molar-refractivity contribution is 8.00. The molecule has 0 aromatic heterocycles. The van der Waals surface area contributed by atoms with Crippen LogP contribution in [0.25, 0.3) is 0 Å². The molecule has 0 spiro atoms. The van der Waals surface area contributed by atoms with Crippen LogP contribution < -0.4 is 0 Å². The molecular formula is C10H7F3O2S. The molecule has 0 bridgehead atoms. The van der Waals surface area contributed by atoms with Crippen LogP contribution in [0.5, 0.6) is 0 Å². The van der Waals surface area contributed by atoms with Gasteiger partial charge in [-0.1, -0.05) is 0 Å². The van der Waals surface area contributed by atoms with Crippen LogP contribution in [0.4, 0.5) is 13.2 Å². The van der Waals surface area contributed by atoms with Gasteiger partial charge in [-0.05, 0) is 6.07 Å². The Labute approximate surface area is 93.8 Å². The Morgan fingerprint density at radius 1 is 1.19 bits per heavy atom. The first-order chi connectivity index (χ1) is 7.58. The average molecular weight is 248 g/mol. The number of hydrogen-bond acceptors (Lipinski definition) is 3. The predicted octanol–water partition coefficient (Wildman–Crippen LogP) is 2.51. The van der Waals surface area contributed by atoms with Crippen LogP contribution in [0.2, 0.25) is 0 Å². The zero-order chi connectivity index (χ0) is 11.7.